The lowest BCUT2D eigenvalue weighted by Gasteiger charge is -2.28. The van der Waals surface area contributed by atoms with Gasteiger partial charge in [-0.05, 0) is 49.8 Å². The smallest absolute Gasteiger partial charge is 0.0957 e. The van der Waals surface area contributed by atoms with Crippen LogP contribution in [0.3, 0.4) is 0 Å². The number of nitrogens with two attached hydrogens (primary N) is 1. The Morgan fingerprint density at radius 2 is 1.95 bits per heavy atom. The van der Waals surface area contributed by atoms with E-state index in [4.69, 9.17) is 5.73 Å². The van der Waals surface area contributed by atoms with Crippen molar-refractivity contribution in [3.63, 3.8) is 0 Å². The summed E-state index contributed by atoms with van der Waals surface area (Å²) in [4.78, 5) is 4.64. The first-order valence-electron chi connectivity index (χ1n) is 7.76. The van der Waals surface area contributed by atoms with Crippen molar-refractivity contribution < 1.29 is 0 Å². The molecule has 2 aromatic rings. The van der Waals surface area contributed by atoms with Crippen LogP contribution in [-0.2, 0) is 12.8 Å². The Bertz CT molecular complexity index is 603. The number of fused-ring (bicyclic) bond motifs is 1. The minimum Gasteiger partial charge on any atom is -0.326 e. The molecule has 1 aliphatic carbocycles. The quantitative estimate of drug-likeness (QED) is 0.912. The topological polar surface area (TPSA) is 43.8 Å². The first kappa shape index (κ1) is 14.8. The summed E-state index contributed by atoms with van der Waals surface area (Å²) in [5.41, 5.74) is 10.4. The van der Waals surface area contributed by atoms with E-state index in [1.54, 1.807) is 0 Å². The highest BCUT2D eigenvalue weighted by Crippen LogP contribution is 2.29. The molecule has 1 aromatic heterocycles. The molecule has 0 amide bonds. The highest BCUT2D eigenvalue weighted by Gasteiger charge is 2.25. The third-order valence-electron chi connectivity index (χ3n) is 4.45. The van der Waals surface area contributed by atoms with Gasteiger partial charge in [-0.15, -0.1) is 0 Å². The van der Waals surface area contributed by atoms with Gasteiger partial charge in [-0.1, -0.05) is 35.0 Å². The molecule has 2 unspecified atom stereocenters. The number of nitrogens with zero attached hydrogens (tertiary/aromatic N) is 2. The number of aromatic nitrogens is 2. The van der Waals surface area contributed by atoms with Crippen molar-refractivity contribution in [2.75, 3.05) is 0 Å². The van der Waals surface area contributed by atoms with Crippen LogP contribution in [0.2, 0.25) is 0 Å². The van der Waals surface area contributed by atoms with Gasteiger partial charge < -0.3 is 10.3 Å². The second kappa shape index (κ2) is 6.32. The molecule has 3 nitrogen and oxygen atoms in total. The van der Waals surface area contributed by atoms with E-state index < -0.39 is 0 Å². The Labute approximate surface area is 134 Å². The number of hydrogen-bond acceptors (Lipinski definition) is 2. The molecule has 4 heteroatoms. The van der Waals surface area contributed by atoms with E-state index >= 15 is 0 Å². The van der Waals surface area contributed by atoms with Crippen molar-refractivity contribution >= 4 is 15.9 Å². The van der Waals surface area contributed by atoms with Gasteiger partial charge in [0.1, 0.15) is 0 Å². The summed E-state index contributed by atoms with van der Waals surface area (Å²) in [5.74, 6) is 0. The van der Waals surface area contributed by atoms with Gasteiger partial charge in [-0.25, -0.2) is 4.98 Å². The molecular formula is C17H22BrN3. The van der Waals surface area contributed by atoms with E-state index in [2.05, 4.69) is 56.7 Å². The lowest BCUT2D eigenvalue weighted by atomic mass is 9.95. The molecule has 0 spiro atoms. The second-order valence-corrected chi connectivity index (χ2v) is 6.74. The van der Waals surface area contributed by atoms with Crippen LogP contribution in [0.1, 0.15) is 49.2 Å². The Morgan fingerprint density at radius 1 is 1.24 bits per heavy atom. The number of imidazole rings is 1. The van der Waals surface area contributed by atoms with Crippen molar-refractivity contribution in [3.8, 4) is 0 Å². The summed E-state index contributed by atoms with van der Waals surface area (Å²) < 4.78 is 3.43. The molecule has 0 fully saturated rings. The average molecular weight is 348 g/mol. The monoisotopic (exact) mass is 347 g/mol. The highest BCUT2D eigenvalue weighted by atomic mass is 79.9. The van der Waals surface area contributed by atoms with E-state index in [9.17, 15) is 0 Å². The third-order valence-corrected chi connectivity index (χ3v) is 4.98. The van der Waals surface area contributed by atoms with Gasteiger partial charge in [-0.3, -0.25) is 0 Å². The summed E-state index contributed by atoms with van der Waals surface area (Å²) in [6.45, 7) is 2.15. The molecular weight excluding hydrogens is 326 g/mol. The first-order chi connectivity index (χ1) is 10.2. The summed E-state index contributed by atoms with van der Waals surface area (Å²) in [6, 6.07) is 8.80. The number of halogens is 1. The minimum absolute atomic E-state index is 0.103. The zero-order chi connectivity index (χ0) is 14.8. The molecule has 0 saturated heterocycles. The molecule has 0 radical (unpaired) electrons. The van der Waals surface area contributed by atoms with Crippen LogP contribution in [-0.4, -0.2) is 15.6 Å². The van der Waals surface area contributed by atoms with Crippen molar-refractivity contribution in [1.29, 1.82) is 0 Å². The lowest BCUT2D eigenvalue weighted by Crippen LogP contribution is -2.33. The van der Waals surface area contributed by atoms with Crippen LogP contribution in [0.15, 0.2) is 35.1 Å². The normalized spacial score (nSPS) is 17.3. The number of hydrogen-bond donors (Lipinski definition) is 1. The summed E-state index contributed by atoms with van der Waals surface area (Å²) >= 11 is 3.51. The molecule has 3 rings (SSSR count). The fraction of sp³-hybridized carbons (Fsp3) is 0.471. The summed E-state index contributed by atoms with van der Waals surface area (Å²) in [7, 11) is 0. The van der Waals surface area contributed by atoms with Gasteiger partial charge in [0, 0.05) is 16.2 Å². The molecule has 1 aliphatic rings. The lowest BCUT2D eigenvalue weighted by molar-refractivity contribution is 0.442. The Kier molecular flexibility index (Phi) is 4.45. The van der Waals surface area contributed by atoms with Crippen LogP contribution in [0.4, 0.5) is 0 Å². The molecule has 0 aliphatic heterocycles. The predicted octanol–water partition coefficient (Wildman–Crippen LogP) is 3.85. The van der Waals surface area contributed by atoms with Crippen LogP contribution in [0.25, 0.3) is 0 Å². The molecule has 21 heavy (non-hydrogen) atoms. The maximum atomic E-state index is 6.45. The predicted molar refractivity (Wildman–Crippen MR) is 89.4 cm³/mol. The maximum Gasteiger partial charge on any atom is 0.0957 e. The van der Waals surface area contributed by atoms with Crippen LogP contribution < -0.4 is 5.73 Å². The van der Waals surface area contributed by atoms with Crippen molar-refractivity contribution in [2.45, 2.75) is 51.1 Å². The minimum atomic E-state index is 0.103. The van der Waals surface area contributed by atoms with Gasteiger partial charge in [0.2, 0.25) is 0 Å². The van der Waals surface area contributed by atoms with Crippen LogP contribution >= 0.6 is 15.9 Å². The van der Waals surface area contributed by atoms with Gasteiger partial charge in [0.15, 0.2) is 0 Å². The zero-order valence-electron chi connectivity index (χ0n) is 12.4. The molecule has 2 atom stereocenters. The highest BCUT2D eigenvalue weighted by molar-refractivity contribution is 9.10. The molecule has 0 saturated carbocycles. The van der Waals surface area contributed by atoms with E-state index in [0.717, 1.165) is 23.7 Å². The molecule has 0 bridgehead atoms. The number of benzene rings is 1. The van der Waals surface area contributed by atoms with Gasteiger partial charge in [0.05, 0.1) is 18.1 Å². The van der Waals surface area contributed by atoms with Crippen molar-refractivity contribution in [3.05, 3.63) is 52.0 Å². The standard InChI is InChI=1S/C17H22BrN3/c1-2-14(19)17(12-7-9-13(18)10-8-12)21-11-20-15-5-3-4-6-16(15)21/h7-11,14,17H,2-6,19H2,1H3. The largest absolute Gasteiger partial charge is 0.326 e. The molecule has 2 N–H and O–H groups in total. The van der Waals surface area contributed by atoms with E-state index in [0.29, 0.717) is 0 Å². The summed E-state index contributed by atoms with van der Waals surface area (Å²) in [5, 5.41) is 0. The number of rotatable bonds is 4. The van der Waals surface area contributed by atoms with Crippen molar-refractivity contribution in [1.82, 2.24) is 9.55 Å². The Morgan fingerprint density at radius 3 is 2.67 bits per heavy atom. The molecule has 1 aromatic carbocycles. The number of aryl methyl sites for hydroxylation is 1. The van der Waals surface area contributed by atoms with Gasteiger partial charge in [-0.2, -0.15) is 0 Å². The van der Waals surface area contributed by atoms with Gasteiger partial charge in [0.25, 0.3) is 0 Å². The van der Waals surface area contributed by atoms with Crippen LogP contribution in [0.5, 0.6) is 0 Å². The second-order valence-electron chi connectivity index (χ2n) is 5.82. The fourth-order valence-corrected chi connectivity index (χ4v) is 3.49. The van der Waals surface area contributed by atoms with Crippen molar-refractivity contribution in [2.24, 2.45) is 5.73 Å². The third kappa shape index (κ3) is 2.92. The average Bonchev–Trinajstić information content (AvgIpc) is 2.93. The van der Waals surface area contributed by atoms with E-state index in [1.807, 2.05) is 6.33 Å². The SMILES string of the molecule is CCC(N)C(c1ccc(Br)cc1)n1cnc2c1CCCC2. The fourth-order valence-electron chi connectivity index (χ4n) is 3.23. The zero-order valence-corrected chi connectivity index (χ0v) is 14.0. The van der Waals surface area contributed by atoms with E-state index in [-0.39, 0.29) is 12.1 Å². The Hall–Kier alpha value is -1.13. The maximum absolute atomic E-state index is 6.45. The van der Waals surface area contributed by atoms with Crippen LogP contribution in [0, 0.1) is 0 Å². The van der Waals surface area contributed by atoms with E-state index in [1.165, 1.54) is 29.8 Å². The molecule has 112 valence electrons. The Balaban J connectivity index is 2.03. The molecule has 1 heterocycles. The summed E-state index contributed by atoms with van der Waals surface area (Å²) in [6.07, 6.45) is 7.70. The van der Waals surface area contributed by atoms with Gasteiger partial charge >= 0.3 is 0 Å². The first-order valence-corrected chi connectivity index (χ1v) is 8.55.